The van der Waals surface area contributed by atoms with Crippen molar-refractivity contribution in [2.45, 2.75) is 77.2 Å². The van der Waals surface area contributed by atoms with E-state index in [1.807, 2.05) is 0 Å². The molecular weight excluding hydrogens is 186 g/mol. The Labute approximate surface area is 94.6 Å². The molecule has 15 heavy (non-hydrogen) atoms. The lowest BCUT2D eigenvalue weighted by molar-refractivity contribution is -0.109. The van der Waals surface area contributed by atoms with Crippen molar-refractivity contribution in [1.29, 1.82) is 0 Å². The van der Waals surface area contributed by atoms with Gasteiger partial charge in [0.25, 0.3) is 0 Å². The van der Waals surface area contributed by atoms with Crippen LogP contribution in [0.5, 0.6) is 0 Å². The quantitative estimate of drug-likeness (QED) is 0.422. The zero-order valence-electron chi connectivity index (χ0n) is 10.2. The Hall–Kier alpha value is -0.370. The van der Waals surface area contributed by atoms with Gasteiger partial charge >= 0.3 is 0 Å². The van der Waals surface area contributed by atoms with Crippen LogP contribution in [0.1, 0.15) is 71.1 Å². The summed E-state index contributed by atoms with van der Waals surface area (Å²) >= 11 is 0. The lowest BCUT2D eigenvalue weighted by atomic mass is 10.1. The van der Waals surface area contributed by atoms with Gasteiger partial charge in [-0.1, -0.05) is 64.7 Å². The third-order valence-electron chi connectivity index (χ3n) is 2.82. The van der Waals surface area contributed by atoms with Gasteiger partial charge in [0.05, 0.1) is 6.04 Å². The Morgan fingerprint density at radius 3 is 1.87 bits per heavy atom. The molecule has 2 nitrogen and oxygen atoms in total. The van der Waals surface area contributed by atoms with Crippen LogP contribution in [0.4, 0.5) is 0 Å². The summed E-state index contributed by atoms with van der Waals surface area (Å²) in [6.45, 7) is 2.25. The Morgan fingerprint density at radius 1 is 0.933 bits per heavy atom. The maximum Gasteiger partial charge on any atom is 0.136 e. The first-order chi connectivity index (χ1) is 7.31. The Balaban J connectivity index is 2.95. The standard InChI is InChI=1S/C13H27NO/c1-2-3-4-5-6-7-8-9-10-11-13(14)12-15/h12-13H,2-11,14H2,1H3. The fourth-order valence-electron chi connectivity index (χ4n) is 1.76. The molecule has 0 saturated heterocycles. The number of nitrogens with two attached hydrogens (primary N) is 1. The van der Waals surface area contributed by atoms with Gasteiger partial charge in [0.15, 0.2) is 0 Å². The summed E-state index contributed by atoms with van der Waals surface area (Å²) in [5.74, 6) is 0. The van der Waals surface area contributed by atoms with Crippen molar-refractivity contribution in [3.8, 4) is 0 Å². The second kappa shape index (κ2) is 11.7. The normalized spacial score (nSPS) is 12.7. The highest BCUT2D eigenvalue weighted by molar-refractivity contribution is 5.56. The molecule has 2 heteroatoms. The van der Waals surface area contributed by atoms with Gasteiger partial charge in [-0.3, -0.25) is 0 Å². The first-order valence-electron chi connectivity index (χ1n) is 6.52. The molecule has 0 fully saturated rings. The number of carbonyl (C=O) groups is 1. The largest absolute Gasteiger partial charge is 0.322 e. The second-order valence-corrected chi connectivity index (χ2v) is 4.42. The van der Waals surface area contributed by atoms with Gasteiger partial charge in [0.1, 0.15) is 6.29 Å². The number of hydrogen-bond acceptors (Lipinski definition) is 2. The summed E-state index contributed by atoms with van der Waals surface area (Å²) in [6, 6.07) is -0.227. The number of unbranched alkanes of at least 4 members (excludes halogenated alkanes) is 8. The summed E-state index contributed by atoms with van der Waals surface area (Å²) in [6.07, 6.45) is 13.6. The van der Waals surface area contributed by atoms with Crippen LogP contribution < -0.4 is 5.73 Å². The molecule has 0 aromatic heterocycles. The van der Waals surface area contributed by atoms with Gasteiger partial charge in [-0.25, -0.2) is 0 Å². The zero-order chi connectivity index (χ0) is 11.4. The van der Waals surface area contributed by atoms with Crippen LogP contribution in [-0.2, 0) is 4.79 Å². The third-order valence-corrected chi connectivity index (χ3v) is 2.82. The maximum absolute atomic E-state index is 10.2. The number of rotatable bonds is 11. The van der Waals surface area contributed by atoms with Crippen molar-refractivity contribution in [1.82, 2.24) is 0 Å². The molecule has 0 aliphatic carbocycles. The number of hydrogen-bond donors (Lipinski definition) is 1. The van der Waals surface area contributed by atoms with Crippen molar-refractivity contribution in [2.24, 2.45) is 5.73 Å². The molecule has 0 radical (unpaired) electrons. The SMILES string of the molecule is CCCCCCCCCCCC(N)C=O. The molecule has 0 saturated carbocycles. The highest BCUT2D eigenvalue weighted by Gasteiger charge is 1.98. The highest BCUT2D eigenvalue weighted by atomic mass is 16.1. The topological polar surface area (TPSA) is 43.1 Å². The van der Waals surface area contributed by atoms with E-state index in [1.54, 1.807) is 0 Å². The van der Waals surface area contributed by atoms with E-state index < -0.39 is 0 Å². The van der Waals surface area contributed by atoms with Gasteiger partial charge in [-0.05, 0) is 6.42 Å². The fraction of sp³-hybridized carbons (Fsp3) is 0.923. The van der Waals surface area contributed by atoms with E-state index in [0.29, 0.717) is 0 Å². The van der Waals surface area contributed by atoms with E-state index in [0.717, 1.165) is 19.1 Å². The first kappa shape index (κ1) is 14.6. The minimum atomic E-state index is -0.227. The second-order valence-electron chi connectivity index (χ2n) is 4.42. The van der Waals surface area contributed by atoms with Gasteiger partial charge in [-0.2, -0.15) is 0 Å². The van der Waals surface area contributed by atoms with Crippen LogP contribution in [0.15, 0.2) is 0 Å². The fourth-order valence-corrected chi connectivity index (χ4v) is 1.76. The molecule has 0 aromatic carbocycles. The number of aldehydes is 1. The van der Waals surface area contributed by atoms with E-state index in [-0.39, 0.29) is 6.04 Å². The summed E-state index contributed by atoms with van der Waals surface area (Å²) in [5.41, 5.74) is 5.50. The van der Waals surface area contributed by atoms with Crippen LogP contribution in [-0.4, -0.2) is 12.3 Å². The van der Waals surface area contributed by atoms with Crippen molar-refractivity contribution < 1.29 is 4.79 Å². The summed E-state index contributed by atoms with van der Waals surface area (Å²) in [4.78, 5) is 10.2. The molecule has 0 aliphatic rings. The van der Waals surface area contributed by atoms with Crippen LogP contribution in [0.25, 0.3) is 0 Å². The summed E-state index contributed by atoms with van der Waals surface area (Å²) in [7, 11) is 0. The highest BCUT2D eigenvalue weighted by Crippen LogP contribution is 2.10. The predicted molar refractivity (Wildman–Crippen MR) is 65.9 cm³/mol. The molecule has 1 atom stereocenters. The minimum absolute atomic E-state index is 0.227. The molecule has 0 amide bonds. The summed E-state index contributed by atoms with van der Waals surface area (Å²) < 4.78 is 0. The van der Waals surface area contributed by atoms with Crippen molar-refractivity contribution >= 4 is 6.29 Å². The van der Waals surface area contributed by atoms with Gasteiger partial charge in [-0.15, -0.1) is 0 Å². The lowest BCUT2D eigenvalue weighted by Crippen LogP contribution is -2.20. The van der Waals surface area contributed by atoms with Crippen molar-refractivity contribution in [3.05, 3.63) is 0 Å². The Morgan fingerprint density at radius 2 is 1.40 bits per heavy atom. The molecule has 0 aromatic rings. The first-order valence-corrected chi connectivity index (χ1v) is 6.52. The number of carbonyl (C=O) groups excluding carboxylic acids is 1. The lowest BCUT2D eigenvalue weighted by Gasteiger charge is -2.03. The molecule has 90 valence electrons. The van der Waals surface area contributed by atoms with E-state index >= 15 is 0 Å². The smallest absolute Gasteiger partial charge is 0.136 e. The molecule has 0 aliphatic heterocycles. The zero-order valence-corrected chi connectivity index (χ0v) is 10.2. The minimum Gasteiger partial charge on any atom is -0.322 e. The van der Waals surface area contributed by atoms with Gasteiger partial charge in [0, 0.05) is 0 Å². The van der Waals surface area contributed by atoms with E-state index in [4.69, 9.17) is 5.73 Å². The van der Waals surface area contributed by atoms with Gasteiger partial charge in [0.2, 0.25) is 0 Å². The van der Waals surface area contributed by atoms with E-state index in [2.05, 4.69) is 6.92 Å². The van der Waals surface area contributed by atoms with E-state index in [9.17, 15) is 4.79 Å². The van der Waals surface area contributed by atoms with Crippen LogP contribution in [0.2, 0.25) is 0 Å². The molecule has 0 heterocycles. The monoisotopic (exact) mass is 213 g/mol. The van der Waals surface area contributed by atoms with Crippen molar-refractivity contribution in [3.63, 3.8) is 0 Å². The molecule has 2 N–H and O–H groups in total. The van der Waals surface area contributed by atoms with Crippen LogP contribution >= 0.6 is 0 Å². The van der Waals surface area contributed by atoms with Gasteiger partial charge < -0.3 is 10.5 Å². The third kappa shape index (κ3) is 11.6. The molecule has 0 spiro atoms. The Kier molecular flexibility index (Phi) is 11.4. The molecule has 0 rings (SSSR count). The maximum atomic E-state index is 10.2. The van der Waals surface area contributed by atoms with E-state index in [1.165, 1.54) is 51.4 Å². The Bertz CT molecular complexity index is 136. The predicted octanol–water partition coefficient (Wildman–Crippen LogP) is 3.43. The average molecular weight is 213 g/mol. The average Bonchev–Trinajstić information content (AvgIpc) is 2.26. The van der Waals surface area contributed by atoms with Crippen LogP contribution in [0, 0.1) is 0 Å². The molecule has 0 bridgehead atoms. The molecular formula is C13H27NO. The summed E-state index contributed by atoms with van der Waals surface area (Å²) in [5, 5.41) is 0. The molecule has 1 unspecified atom stereocenters. The van der Waals surface area contributed by atoms with Crippen molar-refractivity contribution in [2.75, 3.05) is 0 Å². The van der Waals surface area contributed by atoms with Crippen LogP contribution in [0.3, 0.4) is 0 Å².